The average molecular weight is 383 g/mol. The molecule has 1 N–H and O–H groups in total. The number of nitrogens with zero attached hydrogens (tertiary/aromatic N) is 3. The maximum absolute atomic E-state index is 5.93. The van der Waals surface area contributed by atoms with Gasteiger partial charge in [0.25, 0.3) is 5.19 Å². The molecule has 5 nitrogen and oxygen atoms in total. The van der Waals surface area contributed by atoms with E-state index in [0.717, 1.165) is 29.1 Å². The number of likely N-dealkylation sites (N-methyl/N-ethyl adjacent to an activating group) is 1. The zero-order valence-electron chi connectivity index (χ0n) is 15.7. The zero-order chi connectivity index (χ0) is 18.5. The van der Waals surface area contributed by atoms with Crippen LogP contribution in [-0.2, 0) is 6.42 Å². The van der Waals surface area contributed by atoms with Crippen molar-refractivity contribution in [2.24, 2.45) is 0 Å². The molecule has 1 saturated heterocycles. The van der Waals surface area contributed by atoms with Crippen LogP contribution in [0.25, 0.3) is 10.3 Å². The maximum Gasteiger partial charge on any atom is 0.281 e. The number of ether oxygens (including phenoxy) is 1. The second-order valence-electron chi connectivity index (χ2n) is 7.06. The number of thiazole rings is 1. The van der Waals surface area contributed by atoms with E-state index in [0.29, 0.717) is 11.2 Å². The summed E-state index contributed by atoms with van der Waals surface area (Å²) >= 11 is 1.52. The van der Waals surface area contributed by atoms with Crippen LogP contribution >= 0.6 is 11.3 Å². The number of hydrogen-bond acceptors (Lipinski definition) is 6. The lowest BCUT2D eigenvalue weighted by Crippen LogP contribution is -2.45. The Bertz CT molecular complexity index is 825. The number of likely N-dealkylation sites (tertiary alicyclic amines) is 1. The molecule has 2 aromatic heterocycles. The third-order valence-electron chi connectivity index (χ3n) is 5.09. The van der Waals surface area contributed by atoms with Crippen molar-refractivity contribution in [1.29, 1.82) is 0 Å². The molecule has 1 unspecified atom stereocenters. The molecule has 0 radical (unpaired) electrons. The SMILES string of the molecule is CNCC(Cc1ccc(Oc2nc3ncccc3s2)cc1)N1CCCCC1. The van der Waals surface area contributed by atoms with Crippen molar-refractivity contribution in [1.82, 2.24) is 20.2 Å². The summed E-state index contributed by atoms with van der Waals surface area (Å²) in [6.07, 6.45) is 6.83. The Hall–Kier alpha value is -2.02. The summed E-state index contributed by atoms with van der Waals surface area (Å²) in [4.78, 5) is 11.3. The molecule has 1 aliphatic heterocycles. The second-order valence-corrected chi connectivity index (χ2v) is 8.06. The Morgan fingerprint density at radius 3 is 2.70 bits per heavy atom. The zero-order valence-corrected chi connectivity index (χ0v) is 16.5. The quantitative estimate of drug-likeness (QED) is 0.667. The lowest BCUT2D eigenvalue weighted by atomic mass is 10.0. The van der Waals surface area contributed by atoms with E-state index in [-0.39, 0.29) is 0 Å². The molecule has 0 aliphatic carbocycles. The highest BCUT2D eigenvalue weighted by atomic mass is 32.1. The van der Waals surface area contributed by atoms with Gasteiger partial charge in [-0.15, -0.1) is 0 Å². The number of benzene rings is 1. The van der Waals surface area contributed by atoms with Crippen LogP contribution in [0.1, 0.15) is 24.8 Å². The molecule has 1 aromatic carbocycles. The lowest BCUT2D eigenvalue weighted by Gasteiger charge is -2.34. The molecule has 0 saturated carbocycles. The molecule has 0 spiro atoms. The highest BCUT2D eigenvalue weighted by Crippen LogP contribution is 2.30. The Labute approximate surface area is 164 Å². The van der Waals surface area contributed by atoms with E-state index >= 15 is 0 Å². The minimum atomic E-state index is 0.553. The number of piperidine rings is 1. The summed E-state index contributed by atoms with van der Waals surface area (Å²) in [5.74, 6) is 0.820. The fourth-order valence-corrected chi connectivity index (χ4v) is 4.50. The minimum absolute atomic E-state index is 0.553. The highest BCUT2D eigenvalue weighted by molar-refractivity contribution is 7.20. The van der Waals surface area contributed by atoms with Crippen molar-refractivity contribution in [3.05, 3.63) is 48.2 Å². The van der Waals surface area contributed by atoms with Gasteiger partial charge in [0.1, 0.15) is 5.75 Å². The first-order valence-electron chi connectivity index (χ1n) is 9.69. The van der Waals surface area contributed by atoms with Crippen LogP contribution in [0.3, 0.4) is 0 Å². The van der Waals surface area contributed by atoms with E-state index in [1.807, 2.05) is 31.3 Å². The van der Waals surface area contributed by atoms with Crippen LogP contribution < -0.4 is 10.1 Å². The summed E-state index contributed by atoms with van der Waals surface area (Å²) in [5, 5.41) is 4.00. The van der Waals surface area contributed by atoms with E-state index in [1.54, 1.807) is 6.20 Å². The van der Waals surface area contributed by atoms with E-state index in [9.17, 15) is 0 Å². The first-order chi connectivity index (χ1) is 13.3. The molecule has 4 rings (SSSR count). The number of pyridine rings is 1. The molecule has 142 valence electrons. The van der Waals surface area contributed by atoms with Crippen LogP contribution in [-0.4, -0.2) is 47.6 Å². The van der Waals surface area contributed by atoms with Crippen molar-refractivity contribution in [2.45, 2.75) is 31.7 Å². The van der Waals surface area contributed by atoms with Crippen molar-refractivity contribution in [3.63, 3.8) is 0 Å². The van der Waals surface area contributed by atoms with Crippen LogP contribution in [0, 0.1) is 0 Å². The molecular formula is C21H26N4OS. The number of hydrogen-bond donors (Lipinski definition) is 1. The van der Waals surface area contributed by atoms with Crippen molar-refractivity contribution >= 4 is 21.7 Å². The van der Waals surface area contributed by atoms with Crippen molar-refractivity contribution < 1.29 is 4.74 Å². The average Bonchev–Trinajstić information content (AvgIpc) is 3.12. The Morgan fingerprint density at radius 2 is 1.96 bits per heavy atom. The molecule has 0 amide bonds. The summed E-state index contributed by atoms with van der Waals surface area (Å²) < 4.78 is 6.97. The Kier molecular flexibility index (Phi) is 5.97. The molecule has 3 heterocycles. The van der Waals surface area contributed by atoms with E-state index in [1.165, 1.54) is 49.3 Å². The third kappa shape index (κ3) is 4.64. The fourth-order valence-electron chi connectivity index (χ4n) is 3.71. The predicted octanol–water partition coefficient (Wildman–Crippen LogP) is 4.10. The normalized spacial score (nSPS) is 16.5. The van der Waals surface area contributed by atoms with E-state index in [2.05, 4.69) is 32.3 Å². The van der Waals surface area contributed by atoms with Gasteiger partial charge in [0.2, 0.25) is 0 Å². The van der Waals surface area contributed by atoms with Gasteiger partial charge in [-0.05, 0) is 69.2 Å². The number of fused-ring (bicyclic) bond motifs is 1. The maximum atomic E-state index is 5.93. The largest absolute Gasteiger partial charge is 0.431 e. The van der Waals surface area contributed by atoms with Gasteiger partial charge < -0.3 is 10.1 Å². The number of rotatable bonds is 7. The summed E-state index contributed by atoms with van der Waals surface area (Å²) in [6.45, 7) is 3.47. The van der Waals surface area contributed by atoms with Gasteiger partial charge in [-0.2, -0.15) is 4.98 Å². The topological polar surface area (TPSA) is 50.3 Å². The molecule has 6 heteroatoms. The molecule has 0 bridgehead atoms. The van der Waals surface area contributed by atoms with Crippen LogP contribution in [0.15, 0.2) is 42.6 Å². The number of aromatic nitrogens is 2. The standard InChI is InChI=1S/C21H26N4OS/c1-22-15-17(25-12-3-2-4-13-25)14-16-7-9-18(10-8-16)26-21-24-20-19(27-21)6-5-11-23-20/h5-11,17,22H,2-4,12-15H2,1H3. The summed E-state index contributed by atoms with van der Waals surface area (Å²) in [5.41, 5.74) is 2.09. The smallest absolute Gasteiger partial charge is 0.281 e. The highest BCUT2D eigenvalue weighted by Gasteiger charge is 2.20. The number of nitrogens with one attached hydrogen (secondary N) is 1. The van der Waals surface area contributed by atoms with Gasteiger partial charge in [-0.1, -0.05) is 29.9 Å². The van der Waals surface area contributed by atoms with Crippen LogP contribution in [0.5, 0.6) is 10.9 Å². The van der Waals surface area contributed by atoms with Gasteiger partial charge in [-0.3, -0.25) is 4.90 Å². The molecule has 3 aromatic rings. The van der Waals surface area contributed by atoms with Crippen LogP contribution in [0.4, 0.5) is 0 Å². The van der Waals surface area contributed by atoms with Crippen molar-refractivity contribution in [3.8, 4) is 10.9 Å². The lowest BCUT2D eigenvalue weighted by molar-refractivity contribution is 0.160. The minimum Gasteiger partial charge on any atom is -0.431 e. The second kappa shape index (κ2) is 8.78. The van der Waals surface area contributed by atoms with Gasteiger partial charge in [0.05, 0.1) is 4.70 Å². The molecule has 1 fully saturated rings. The van der Waals surface area contributed by atoms with Gasteiger partial charge in [-0.25, -0.2) is 4.98 Å². The van der Waals surface area contributed by atoms with Crippen molar-refractivity contribution in [2.75, 3.05) is 26.7 Å². The molecule has 1 aliphatic rings. The van der Waals surface area contributed by atoms with E-state index in [4.69, 9.17) is 4.74 Å². The monoisotopic (exact) mass is 382 g/mol. The summed E-state index contributed by atoms with van der Waals surface area (Å²) in [7, 11) is 2.04. The van der Waals surface area contributed by atoms with Gasteiger partial charge in [0.15, 0.2) is 5.65 Å². The van der Waals surface area contributed by atoms with Crippen LogP contribution in [0.2, 0.25) is 0 Å². The Morgan fingerprint density at radius 1 is 1.15 bits per heavy atom. The van der Waals surface area contributed by atoms with Gasteiger partial charge >= 0.3 is 0 Å². The first kappa shape index (κ1) is 18.3. The Balaban J connectivity index is 1.41. The predicted molar refractivity (Wildman–Crippen MR) is 111 cm³/mol. The third-order valence-corrected chi connectivity index (χ3v) is 5.98. The molecular weight excluding hydrogens is 356 g/mol. The molecule has 27 heavy (non-hydrogen) atoms. The van der Waals surface area contributed by atoms with Gasteiger partial charge in [0, 0.05) is 18.8 Å². The fraction of sp³-hybridized carbons (Fsp3) is 0.429. The molecule has 1 atom stereocenters. The summed E-state index contributed by atoms with van der Waals surface area (Å²) in [6, 6.07) is 12.9. The first-order valence-corrected chi connectivity index (χ1v) is 10.5. The van der Waals surface area contributed by atoms with E-state index < -0.39 is 0 Å².